The number of aryl methyl sites for hydroxylation is 2. The van der Waals surface area contributed by atoms with Crippen molar-refractivity contribution < 1.29 is 4.79 Å². The summed E-state index contributed by atoms with van der Waals surface area (Å²) in [7, 11) is 5.54. The third-order valence-corrected chi connectivity index (χ3v) is 3.62. The molecule has 2 N–H and O–H groups in total. The number of nitrogens with one attached hydrogen (secondary N) is 2. The van der Waals surface area contributed by atoms with Crippen molar-refractivity contribution in [3.8, 4) is 11.3 Å². The largest absolute Gasteiger partial charge is 0.339 e. The Morgan fingerprint density at radius 1 is 1.48 bits per heavy atom. The van der Waals surface area contributed by atoms with E-state index < -0.39 is 0 Å². The highest BCUT2D eigenvalue weighted by atomic mass is 16.2. The molecule has 114 valence electrons. The first-order chi connectivity index (χ1) is 9.95. The number of nitrogens with zero attached hydrogens (tertiary/aromatic N) is 4. The Labute approximate surface area is 124 Å². The van der Waals surface area contributed by atoms with Crippen LogP contribution in [-0.4, -0.2) is 58.0 Å². The summed E-state index contributed by atoms with van der Waals surface area (Å²) in [5, 5.41) is 14.5. The van der Waals surface area contributed by atoms with E-state index in [1.54, 1.807) is 18.0 Å². The van der Waals surface area contributed by atoms with E-state index in [1.165, 1.54) is 0 Å². The molecule has 0 aliphatic heterocycles. The predicted octanol–water partition coefficient (Wildman–Crippen LogP) is 0.718. The Kier molecular flexibility index (Phi) is 4.42. The number of hydrogen-bond acceptors (Lipinski definition) is 4. The van der Waals surface area contributed by atoms with E-state index in [0.29, 0.717) is 12.2 Å². The zero-order valence-corrected chi connectivity index (χ0v) is 13.2. The van der Waals surface area contributed by atoms with E-state index >= 15 is 0 Å². The number of carbonyl (C=O) groups excluding carboxylic acids is 1. The van der Waals surface area contributed by atoms with Crippen LogP contribution in [0.25, 0.3) is 11.3 Å². The van der Waals surface area contributed by atoms with Crippen LogP contribution in [0, 0.1) is 13.8 Å². The van der Waals surface area contributed by atoms with Crippen molar-refractivity contribution in [2.75, 3.05) is 27.2 Å². The van der Waals surface area contributed by atoms with Crippen LogP contribution in [0.5, 0.6) is 0 Å². The van der Waals surface area contributed by atoms with Crippen molar-refractivity contribution >= 4 is 5.91 Å². The molecular formula is C14H22N6O. The summed E-state index contributed by atoms with van der Waals surface area (Å²) < 4.78 is 1.82. The van der Waals surface area contributed by atoms with Crippen molar-refractivity contribution in [1.29, 1.82) is 0 Å². The van der Waals surface area contributed by atoms with Crippen LogP contribution in [0.15, 0.2) is 6.07 Å². The minimum atomic E-state index is -0.0665. The molecule has 2 aromatic rings. The van der Waals surface area contributed by atoms with Gasteiger partial charge in [-0.15, -0.1) is 0 Å². The molecule has 1 amide bonds. The van der Waals surface area contributed by atoms with Crippen LogP contribution in [0.3, 0.4) is 0 Å². The van der Waals surface area contributed by atoms with Crippen molar-refractivity contribution in [2.45, 2.75) is 13.8 Å². The second kappa shape index (κ2) is 6.09. The molecule has 7 nitrogen and oxygen atoms in total. The Morgan fingerprint density at radius 2 is 2.19 bits per heavy atom. The van der Waals surface area contributed by atoms with E-state index in [0.717, 1.165) is 29.2 Å². The highest BCUT2D eigenvalue weighted by Gasteiger charge is 2.18. The molecule has 0 fully saturated rings. The molecule has 2 rings (SSSR count). The summed E-state index contributed by atoms with van der Waals surface area (Å²) in [6, 6.07) is 1.79. The number of hydrogen-bond donors (Lipinski definition) is 2. The fourth-order valence-corrected chi connectivity index (χ4v) is 2.29. The molecular weight excluding hydrogens is 268 g/mol. The lowest BCUT2D eigenvalue weighted by atomic mass is 10.1. The van der Waals surface area contributed by atoms with Crippen LogP contribution < -0.4 is 5.32 Å². The maximum absolute atomic E-state index is 12.3. The molecule has 0 radical (unpaired) electrons. The first kappa shape index (κ1) is 15.2. The van der Waals surface area contributed by atoms with Gasteiger partial charge >= 0.3 is 0 Å². The molecule has 0 saturated heterocycles. The maximum atomic E-state index is 12.3. The minimum absolute atomic E-state index is 0.0665. The molecule has 0 atom stereocenters. The summed E-state index contributed by atoms with van der Waals surface area (Å²) in [6.45, 7) is 5.33. The van der Waals surface area contributed by atoms with Gasteiger partial charge in [-0.3, -0.25) is 14.6 Å². The molecule has 0 saturated carbocycles. The zero-order chi connectivity index (χ0) is 15.6. The van der Waals surface area contributed by atoms with Gasteiger partial charge in [0.2, 0.25) is 0 Å². The van der Waals surface area contributed by atoms with E-state index in [2.05, 4.69) is 20.6 Å². The van der Waals surface area contributed by atoms with Gasteiger partial charge in [-0.2, -0.15) is 10.2 Å². The van der Waals surface area contributed by atoms with E-state index in [9.17, 15) is 4.79 Å². The van der Waals surface area contributed by atoms with Crippen LogP contribution in [0.2, 0.25) is 0 Å². The van der Waals surface area contributed by atoms with Crippen LogP contribution >= 0.6 is 0 Å². The lowest BCUT2D eigenvalue weighted by Crippen LogP contribution is -2.32. The van der Waals surface area contributed by atoms with Gasteiger partial charge in [0.1, 0.15) is 5.69 Å². The first-order valence-corrected chi connectivity index (χ1v) is 6.91. The molecule has 0 aromatic carbocycles. The molecule has 0 aliphatic rings. The average Bonchev–Trinajstić information content (AvgIpc) is 3.01. The summed E-state index contributed by atoms with van der Waals surface area (Å²) in [5.74, 6) is -0.0665. The van der Waals surface area contributed by atoms with Gasteiger partial charge in [-0.05, 0) is 27.0 Å². The Morgan fingerprint density at radius 3 is 2.76 bits per heavy atom. The maximum Gasteiger partial charge on any atom is 0.271 e. The Balaban J connectivity index is 2.24. The van der Waals surface area contributed by atoms with Gasteiger partial charge < -0.3 is 10.2 Å². The fourth-order valence-electron chi connectivity index (χ4n) is 2.29. The number of rotatable bonds is 5. The van der Waals surface area contributed by atoms with Gasteiger partial charge in [-0.25, -0.2) is 0 Å². The zero-order valence-electron chi connectivity index (χ0n) is 13.2. The Bertz CT molecular complexity index is 642. The first-order valence-electron chi connectivity index (χ1n) is 6.91. The summed E-state index contributed by atoms with van der Waals surface area (Å²) >= 11 is 0. The van der Waals surface area contributed by atoms with Crippen LogP contribution in [0.4, 0.5) is 0 Å². The summed E-state index contributed by atoms with van der Waals surface area (Å²) in [4.78, 5) is 13.9. The quantitative estimate of drug-likeness (QED) is 0.850. The van der Waals surface area contributed by atoms with Gasteiger partial charge in [0.05, 0.1) is 11.4 Å². The van der Waals surface area contributed by atoms with E-state index in [4.69, 9.17) is 0 Å². The molecule has 7 heteroatoms. The standard InChI is InChI=1S/C14H22N6O/c1-9-13(10(2)20(5)18-9)11-8-12(17-16-11)14(21)19(4)7-6-15-3/h8,15H,6-7H2,1-5H3,(H,16,17). The van der Waals surface area contributed by atoms with E-state index in [-0.39, 0.29) is 5.91 Å². The molecule has 0 spiro atoms. The molecule has 0 aliphatic carbocycles. The van der Waals surface area contributed by atoms with Crippen molar-refractivity contribution in [1.82, 2.24) is 30.2 Å². The van der Waals surface area contributed by atoms with Gasteiger partial charge in [-0.1, -0.05) is 0 Å². The van der Waals surface area contributed by atoms with Gasteiger partial charge in [0, 0.05) is 38.4 Å². The minimum Gasteiger partial charge on any atom is -0.339 e. The fraction of sp³-hybridized carbons (Fsp3) is 0.500. The topological polar surface area (TPSA) is 78.8 Å². The summed E-state index contributed by atoms with van der Waals surface area (Å²) in [5.41, 5.74) is 4.16. The number of carbonyl (C=O) groups is 1. The number of aromatic nitrogens is 4. The van der Waals surface area contributed by atoms with Gasteiger partial charge in [0.25, 0.3) is 5.91 Å². The molecule has 21 heavy (non-hydrogen) atoms. The number of amides is 1. The Hall–Kier alpha value is -2.15. The molecule has 0 bridgehead atoms. The second-order valence-electron chi connectivity index (χ2n) is 5.17. The van der Waals surface area contributed by atoms with Crippen molar-refractivity contribution in [2.24, 2.45) is 7.05 Å². The van der Waals surface area contributed by atoms with Gasteiger partial charge in [0.15, 0.2) is 0 Å². The third-order valence-electron chi connectivity index (χ3n) is 3.62. The molecule has 2 heterocycles. The second-order valence-corrected chi connectivity index (χ2v) is 5.17. The number of aromatic amines is 1. The molecule has 0 unspecified atom stereocenters. The number of H-pyrrole nitrogens is 1. The normalized spacial score (nSPS) is 10.9. The van der Waals surface area contributed by atoms with Crippen LogP contribution in [0.1, 0.15) is 21.9 Å². The predicted molar refractivity (Wildman–Crippen MR) is 81.2 cm³/mol. The van der Waals surface area contributed by atoms with E-state index in [1.807, 2.05) is 32.6 Å². The lowest BCUT2D eigenvalue weighted by molar-refractivity contribution is 0.0791. The smallest absolute Gasteiger partial charge is 0.271 e. The highest BCUT2D eigenvalue weighted by molar-refractivity contribution is 5.93. The van der Waals surface area contributed by atoms with Crippen molar-refractivity contribution in [3.05, 3.63) is 23.1 Å². The SMILES string of the molecule is CNCCN(C)C(=O)c1cc(-c2c(C)nn(C)c2C)n[nH]1. The third kappa shape index (κ3) is 2.97. The average molecular weight is 290 g/mol. The highest BCUT2D eigenvalue weighted by Crippen LogP contribution is 2.25. The van der Waals surface area contributed by atoms with Crippen molar-refractivity contribution in [3.63, 3.8) is 0 Å². The van der Waals surface area contributed by atoms with Crippen LogP contribution in [-0.2, 0) is 7.05 Å². The monoisotopic (exact) mass is 290 g/mol. The summed E-state index contributed by atoms with van der Waals surface area (Å²) in [6.07, 6.45) is 0. The lowest BCUT2D eigenvalue weighted by Gasteiger charge is -2.15. The number of likely N-dealkylation sites (N-methyl/N-ethyl adjacent to an activating group) is 2. The molecule has 2 aromatic heterocycles.